The molecule has 1 fully saturated rings. The Morgan fingerprint density at radius 1 is 1.17 bits per heavy atom. The summed E-state index contributed by atoms with van der Waals surface area (Å²) in [6.45, 7) is 7.60. The average molecular weight is 423 g/mol. The summed E-state index contributed by atoms with van der Waals surface area (Å²) in [5.74, 6) is 0.800. The van der Waals surface area contributed by atoms with E-state index in [0.29, 0.717) is 6.54 Å². The molecule has 7 nitrogen and oxygen atoms in total. The van der Waals surface area contributed by atoms with Gasteiger partial charge in [0.15, 0.2) is 0 Å². The third-order valence-electron chi connectivity index (χ3n) is 4.97. The molecule has 8 heteroatoms. The van der Waals surface area contributed by atoms with Crippen LogP contribution in [0.5, 0.6) is 0 Å². The van der Waals surface area contributed by atoms with E-state index >= 15 is 0 Å². The van der Waals surface area contributed by atoms with Gasteiger partial charge in [0.1, 0.15) is 0 Å². The van der Waals surface area contributed by atoms with Gasteiger partial charge in [-0.25, -0.2) is 9.97 Å². The highest BCUT2D eigenvalue weighted by atomic mass is 32.1. The molecule has 0 atom stereocenters. The lowest BCUT2D eigenvalue weighted by atomic mass is 10.1. The van der Waals surface area contributed by atoms with E-state index in [1.165, 1.54) is 0 Å². The molecule has 1 aliphatic rings. The van der Waals surface area contributed by atoms with Crippen LogP contribution in [0.4, 0.5) is 5.95 Å². The maximum absolute atomic E-state index is 12.0. The van der Waals surface area contributed by atoms with E-state index in [0.717, 1.165) is 53.8 Å². The van der Waals surface area contributed by atoms with Crippen molar-refractivity contribution in [2.75, 3.05) is 37.6 Å². The van der Waals surface area contributed by atoms with E-state index in [1.807, 2.05) is 44.4 Å². The van der Waals surface area contributed by atoms with Gasteiger partial charge in [0.2, 0.25) is 11.9 Å². The summed E-state index contributed by atoms with van der Waals surface area (Å²) in [6, 6.07) is 8.25. The van der Waals surface area contributed by atoms with Crippen LogP contribution in [0.3, 0.4) is 0 Å². The number of aromatic nitrogens is 3. The molecule has 1 N–H and O–H groups in total. The number of piperazine rings is 1. The Morgan fingerprint density at radius 2 is 2.00 bits per heavy atom. The molecule has 1 aliphatic heterocycles. The highest BCUT2D eigenvalue weighted by Gasteiger charge is 2.22. The first kappa shape index (κ1) is 20.4. The van der Waals surface area contributed by atoms with E-state index < -0.39 is 0 Å². The first-order chi connectivity index (χ1) is 14.6. The van der Waals surface area contributed by atoms with E-state index in [9.17, 15) is 4.79 Å². The zero-order valence-corrected chi connectivity index (χ0v) is 18.1. The molecule has 1 amide bonds. The smallest absolute Gasteiger partial charge is 0.234 e. The molecule has 3 aromatic rings. The van der Waals surface area contributed by atoms with Crippen molar-refractivity contribution in [2.45, 2.75) is 19.9 Å². The van der Waals surface area contributed by atoms with Gasteiger partial charge >= 0.3 is 0 Å². The van der Waals surface area contributed by atoms with Gasteiger partial charge in [-0.1, -0.05) is 6.07 Å². The maximum atomic E-state index is 12.0. The van der Waals surface area contributed by atoms with Gasteiger partial charge in [0.25, 0.3) is 0 Å². The minimum atomic E-state index is 0.0777. The lowest BCUT2D eigenvalue weighted by Gasteiger charge is -2.34. The minimum absolute atomic E-state index is 0.0777. The summed E-state index contributed by atoms with van der Waals surface area (Å²) in [7, 11) is 0. The topological polar surface area (TPSA) is 74.2 Å². The molecule has 0 radical (unpaired) electrons. The van der Waals surface area contributed by atoms with Crippen molar-refractivity contribution in [3.63, 3.8) is 0 Å². The van der Waals surface area contributed by atoms with Crippen molar-refractivity contribution >= 4 is 23.2 Å². The van der Waals surface area contributed by atoms with E-state index in [1.54, 1.807) is 17.5 Å². The molecule has 4 heterocycles. The van der Waals surface area contributed by atoms with Crippen molar-refractivity contribution in [2.24, 2.45) is 0 Å². The van der Waals surface area contributed by atoms with Crippen molar-refractivity contribution < 1.29 is 4.79 Å². The molecular weight excluding hydrogens is 396 g/mol. The second-order valence-electron chi connectivity index (χ2n) is 7.64. The molecule has 0 bridgehead atoms. The number of nitrogens with one attached hydrogen (secondary N) is 1. The number of carbonyl (C=O) groups excluding carboxylic acids is 1. The Morgan fingerprint density at radius 3 is 2.67 bits per heavy atom. The second kappa shape index (κ2) is 9.32. The predicted octanol–water partition coefficient (Wildman–Crippen LogP) is 2.91. The summed E-state index contributed by atoms with van der Waals surface area (Å²) in [5, 5.41) is 5.01. The molecule has 4 rings (SSSR count). The number of hydrogen-bond donors (Lipinski definition) is 1. The van der Waals surface area contributed by atoms with Gasteiger partial charge in [0.05, 0.1) is 12.2 Å². The van der Waals surface area contributed by atoms with Crippen LogP contribution in [0.15, 0.2) is 48.2 Å². The molecular formula is C22H26N6OS. The first-order valence-electron chi connectivity index (χ1n) is 10.2. The highest BCUT2D eigenvalue weighted by molar-refractivity contribution is 7.13. The normalized spacial score (nSPS) is 14.8. The number of pyridine rings is 1. The van der Waals surface area contributed by atoms with Crippen molar-refractivity contribution in [3.05, 3.63) is 48.2 Å². The van der Waals surface area contributed by atoms with Crippen LogP contribution in [0.25, 0.3) is 21.7 Å². The molecule has 3 aromatic heterocycles. The Labute approximate surface area is 180 Å². The molecule has 1 saturated heterocycles. The third-order valence-corrected chi connectivity index (χ3v) is 5.87. The third kappa shape index (κ3) is 4.83. The summed E-state index contributed by atoms with van der Waals surface area (Å²) < 4.78 is 0. The number of carbonyl (C=O) groups is 1. The molecule has 0 spiro atoms. The number of hydrogen-bond acceptors (Lipinski definition) is 7. The predicted molar refractivity (Wildman–Crippen MR) is 121 cm³/mol. The fraction of sp³-hybridized carbons (Fsp3) is 0.364. The summed E-state index contributed by atoms with van der Waals surface area (Å²) >= 11 is 1.68. The first-order valence-corrected chi connectivity index (χ1v) is 11.1. The lowest BCUT2D eigenvalue weighted by molar-refractivity contribution is -0.122. The highest BCUT2D eigenvalue weighted by Crippen LogP contribution is 2.33. The van der Waals surface area contributed by atoms with Crippen LogP contribution in [0.1, 0.15) is 13.8 Å². The van der Waals surface area contributed by atoms with Crippen LogP contribution in [0.2, 0.25) is 0 Å². The largest absolute Gasteiger partial charge is 0.353 e. The summed E-state index contributed by atoms with van der Waals surface area (Å²) in [5.41, 5.74) is 2.90. The molecule has 0 aliphatic carbocycles. The molecule has 30 heavy (non-hydrogen) atoms. The Hall–Kier alpha value is -2.84. The summed E-state index contributed by atoms with van der Waals surface area (Å²) in [4.78, 5) is 31.4. The number of nitrogens with zero attached hydrogens (tertiary/aromatic N) is 5. The van der Waals surface area contributed by atoms with Gasteiger partial charge < -0.3 is 10.2 Å². The molecule has 0 aromatic carbocycles. The van der Waals surface area contributed by atoms with Gasteiger partial charge in [-0.15, -0.1) is 11.3 Å². The van der Waals surface area contributed by atoms with Gasteiger partial charge in [0, 0.05) is 66.8 Å². The zero-order chi connectivity index (χ0) is 20.9. The number of anilines is 1. The minimum Gasteiger partial charge on any atom is -0.353 e. The van der Waals surface area contributed by atoms with E-state index in [4.69, 9.17) is 4.98 Å². The Balaban J connectivity index is 1.51. The van der Waals surface area contributed by atoms with Crippen LogP contribution in [-0.2, 0) is 4.79 Å². The molecule has 0 saturated carbocycles. The maximum Gasteiger partial charge on any atom is 0.234 e. The SMILES string of the molecule is CC(C)NC(=O)CN1CCN(c2ncc(-c3cccs3)c(-c3cccnc3)n2)CC1. The number of amides is 1. The van der Waals surface area contributed by atoms with Crippen LogP contribution in [0, 0.1) is 0 Å². The summed E-state index contributed by atoms with van der Waals surface area (Å²) in [6.07, 6.45) is 5.53. The van der Waals surface area contributed by atoms with Gasteiger partial charge in [-0.3, -0.25) is 14.7 Å². The van der Waals surface area contributed by atoms with Crippen LogP contribution >= 0.6 is 11.3 Å². The molecule has 0 unspecified atom stereocenters. The van der Waals surface area contributed by atoms with E-state index in [-0.39, 0.29) is 11.9 Å². The van der Waals surface area contributed by atoms with Crippen LogP contribution < -0.4 is 10.2 Å². The number of thiophene rings is 1. The van der Waals surface area contributed by atoms with Gasteiger partial charge in [-0.05, 0) is 37.4 Å². The Bertz CT molecular complexity index is 969. The van der Waals surface area contributed by atoms with Crippen molar-refractivity contribution in [1.82, 2.24) is 25.2 Å². The zero-order valence-electron chi connectivity index (χ0n) is 17.3. The second-order valence-corrected chi connectivity index (χ2v) is 8.58. The molecule has 156 valence electrons. The average Bonchev–Trinajstić information content (AvgIpc) is 3.29. The monoisotopic (exact) mass is 422 g/mol. The van der Waals surface area contributed by atoms with E-state index in [2.05, 4.69) is 36.5 Å². The quantitative estimate of drug-likeness (QED) is 0.658. The van der Waals surface area contributed by atoms with Crippen molar-refractivity contribution in [3.8, 4) is 21.7 Å². The fourth-order valence-corrected chi connectivity index (χ4v) is 4.27. The van der Waals surface area contributed by atoms with Crippen molar-refractivity contribution in [1.29, 1.82) is 0 Å². The number of rotatable bonds is 6. The lowest BCUT2D eigenvalue weighted by Crippen LogP contribution is -2.50. The van der Waals surface area contributed by atoms with Crippen LogP contribution in [-0.4, -0.2) is 64.5 Å². The van der Waals surface area contributed by atoms with Gasteiger partial charge in [-0.2, -0.15) is 0 Å². The standard InChI is InChI=1S/C22H26N6OS/c1-16(2)25-20(29)15-27-8-10-28(11-9-27)22-24-14-18(19-6-4-12-30-19)21(26-22)17-5-3-7-23-13-17/h3-7,12-14,16H,8-11,15H2,1-2H3,(H,25,29). The fourth-order valence-electron chi connectivity index (χ4n) is 3.54. The Kier molecular flexibility index (Phi) is 6.35.